The largest absolute Gasteiger partial charge is 0.369 e. The zero-order valence-electron chi connectivity index (χ0n) is 14.5. The van der Waals surface area contributed by atoms with Crippen molar-refractivity contribution in [2.75, 3.05) is 25.0 Å². The smallest absolute Gasteiger partial charge is 0.248 e. The molecule has 1 aliphatic rings. The van der Waals surface area contributed by atoms with Crippen molar-refractivity contribution in [2.24, 2.45) is 11.7 Å². The average molecular weight is 329 g/mol. The third-order valence-corrected chi connectivity index (χ3v) is 4.35. The van der Waals surface area contributed by atoms with E-state index < -0.39 is 0 Å². The fourth-order valence-electron chi connectivity index (χ4n) is 2.92. The Hall–Kier alpha value is -2.14. The number of primary amides is 1. The molecule has 1 fully saturated rings. The molecule has 0 bridgehead atoms. The van der Waals surface area contributed by atoms with Crippen LogP contribution in [0.5, 0.6) is 0 Å². The number of rotatable bonds is 6. The van der Waals surface area contributed by atoms with Crippen LogP contribution in [0, 0.1) is 5.92 Å². The van der Waals surface area contributed by atoms with E-state index >= 15 is 0 Å². The van der Waals surface area contributed by atoms with Crippen LogP contribution in [0.2, 0.25) is 0 Å². The number of carbonyl (C=O) groups excluding carboxylic acids is 2. The van der Waals surface area contributed by atoms with E-state index in [4.69, 9.17) is 5.73 Å². The van der Waals surface area contributed by atoms with Crippen LogP contribution >= 0.6 is 0 Å². The van der Waals surface area contributed by atoms with Crippen LogP contribution in [-0.4, -0.2) is 36.3 Å². The molecule has 3 N–H and O–H groups in total. The topological polar surface area (TPSA) is 75.4 Å². The summed E-state index contributed by atoms with van der Waals surface area (Å²) in [5.74, 6) is -0.217. The van der Waals surface area contributed by atoms with Gasteiger partial charge in [0, 0.05) is 24.2 Å². The quantitative estimate of drug-likeness (QED) is 0.787. The SMILES string of the molecule is CC(C)=CC(=O)Nc1ccc(CCN2CCC(C(N)=O)CC2)cc1. The lowest BCUT2D eigenvalue weighted by Crippen LogP contribution is -2.39. The summed E-state index contributed by atoms with van der Waals surface area (Å²) in [6.07, 6.45) is 4.28. The molecule has 1 aromatic carbocycles. The summed E-state index contributed by atoms with van der Waals surface area (Å²) >= 11 is 0. The van der Waals surface area contributed by atoms with Crippen LogP contribution < -0.4 is 11.1 Å². The van der Waals surface area contributed by atoms with Gasteiger partial charge in [0.2, 0.25) is 11.8 Å². The number of amides is 2. The number of nitrogens with two attached hydrogens (primary N) is 1. The van der Waals surface area contributed by atoms with E-state index in [2.05, 4.69) is 10.2 Å². The fraction of sp³-hybridized carbons (Fsp3) is 0.474. The van der Waals surface area contributed by atoms with E-state index in [9.17, 15) is 9.59 Å². The van der Waals surface area contributed by atoms with E-state index in [0.717, 1.165) is 50.2 Å². The van der Waals surface area contributed by atoms with Crippen molar-refractivity contribution in [3.05, 3.63) is 41.5 Å². The van der Waals surface area contributed by atoms with Gasteiger partial charge in [-0.25, -0.2) is 0 Å². The standard InChI is InChI=1S/C19H27N3O2/c1-14(2)13-18(23)21-17-5-3-15(4-6-17)7-10-22-11-8-16(9-12-22)19(20)24/h3-6,13,16H,7-12H2,1-2H3,(H2,20,24)(H,21,23). The highest BCUT2D eigenvalue weighted by Crippen LogP contribution is 2.17. The van der Waals surface area contributed by atoms with Gasteiger partial charge in [-0.1, -0.05) is 17.7 Å². The number of hydrogen-bond acceptors (Lipinski definition) is 3. The molecule has 1 heterocycles. The predicted octanol–water partition coefficient (Wildman–Crippen LogP) is 2.33. The van der Waals surface area contributed by atoms with Crippen molar-refractivity contribution in [2.45, 2.75) is 33.1 Å². The molecule has 1 aromatic rings. The summed E-state index contributed by atoms with van der Waals surface area (Å²) in [5, 5.41) is 2.85. The molecular weight excluding hydrogens is 302 g/mol. The van der Waals surface area contributed by atoms with Gasteiger partial charge < -0.3 is 16.0 Å². The molecule has 0 atom stereocenters. The Morgan fingerprint density at radius 1 is 1.21 bits per heavy atom. The second kappa shape index (κ2) is 8.64. The van der Waals surface area contributed by atoms with Crippen LogP contribution in [0.3, 0.4) is 0 Å². The van der Waals surface area contributed by atoms with E-state index in [1.807, 2.05) is 38.1 Å². The highest BCUT2D eigenvalue weighted by atomic mass is 16.1. The van der Waals surface area contributed by atoms with Crippen LogP contribution in [0.25, 0.3) is 0 Å². The first kappa shape index (κ1) is 18.2. The maximum Gasteiger partial charge on any atom is 0.248 e. The van der Waals surface area contributed by atoms with Crippen molar-refractivity contribution < 1.29 is 9.59 Å². The molecule has 0 radical (unpaired) electrons. The van der Waals surface area contributed by atoms with Crippen molar-refractivity contribution in [3.8, 4) is 0 Å². The van der Waals surface area contributed by atoms with Crippen LogP contribution in [-0.2, 0) is 16.0 Å². The van der Waals surface area contributed by atoms with Crippen molar-refractivity contribution in [3.63, 3.8) is 0 Å². The Kier molecular flexibility index (Phi) is 6.55. The number of nitrogens with one attached hydrogen (secondary N) is 1. The average Bonchev–Trinajstić information content (AvgIpc) is 2.54. The van der Waals surface area contributed by atoms with Gasteiger partial charge in [-0.05, 0) is 63.9 Å². The first-order valence-electron chi connectivity index (χ1n) is 8.50. The molecule has 24 heavy (non-hydrogen) atoms. The highest BCUT2D eigenvalue weighted by molar-refractivity contribution is 5.99. The first-order chi connectivity index (χ1) is 11.4. The Morgan fingerprint density at radius 2 is 1.83 bits per heavy atom. The molecule has 5 nitrogen and oxygen atoms in total. The van der Waals surface area contributed by atoms with Gasteiger partial charge >= 0.3 is 0 Å². The maximum absolute atomic E-state index is 11.7. The van der Waals surface area contributed by atoms with Gasteiger partial charge in [-0.2, -0.15) is 0 Å². The summed E-state index contributed by atoms with van der Waals surface area (Å²) in [5.41, 5.74) is 8.39. The minimum absolute atomic E-state index is 0.0463. The van der Waals surface area contributed by atoms with Gasteiger partial charge in [0.05, 0.1) is 0 Å². The van der Waals surface area contributed by atoms with Gasteiger partial charge in [-0.15, -0.1) is 0 Å². The zero-order chi connectivity index (χ0) is 17.5. The molecule has 1 saturated heterocycles. The summed E-state index contributed by atoms with van der Waals surface area (Å²) in [6, 6.07) is 7.97. The molecule has 130 valence electrons. The Balaban J connectivity index is 1.77. The Labute approximate surface area is 143 Å². The van der Waals surface area contributed by atoms with E-state index in [1.54, 1.807) is 6.08 Å². The van der Waals surface area contributed by atoms with E-state index in [-0.39, 0.29) is 17.7 Å². The number of nitrogens with zero attached hydrogens (tertiary/aromatic N) is 1. The summed E-state index contributed by atoms with van der Waals surface area (Å²) in [4.78, 5) is 25.2. The lowest BCUT2D eigenvalue weighted by Gasteiger charge is -2.30. The van der Waals surface area contributed by atoms with Gasteiger partial charge in [0.1, 0.15) is 0 Å². The molecule has 5 heteroatoms. The molecule has 0 saturated carbocycles. The Morgan fingerprint density at radius 3 is 2.38 bits per heavy atom. The van der Waals surface area contributed by atoms with Crippen LogP contribution in [0.4, 0.5) is 5.69 Å². The minimum atomic E-state index is -0.166. The fourth-order valence-corrected chi connectivity index (χ4v) is 2.92. The number of hydrogen-bond donors (Lipinski definition) is 2. The van der Waals surface area contributed by atoms with Crippen LogP contribution in [0.1, 0.15) is 32.3 Å². The van der Waals surface area contributed by atoms with Crippen molar-refractivity contribution in [1.29, 1.82) is 0 Å². The number of allylic oxidation sites excluding steroid dienone is 1. The lowest BCUT2D eigenvalue weighted by atomic mass is 9.96. The number of anilines is 1. The molecule has 0 unspecified atom stereocenters. The lowest BCUT2D eigenvalue weighted by molar-refractivity contribution is -0.123. The normalized spacial score (nSPS) is 15.8. The molecule has 2 rings (SSSR count). The summed E-state index contributed by atoms with van der Waals surface area (Å²) < 4.78 is 0. The van der Waals surface area contributed by atoms with Crippen LogP contribution in [0.15, 0.2) is 35.9 Å². The second-order valence-electron chi connectivity index (χ2n) is 6.68. The third-order valence-electron chi connectivity index (χ3n) is 4.35. The van der Waals surface area contributed by atoms with E-state index in [1.165, 1.54) is 5.56 Å². The van der Waals surface area contributed by atoms with Crippen molar-refractivity contribution >= 4 is 17.5 Å². The van der Waals surface area contributed by atoms with Gasteiger partial charge in [-0.3, -0.25) is 9.59 Å². The maximum atomic E-state index is 11.7. The van der Waals surface area contributed by atoms with Crippen molar-refractivity contribution in [1.82, 2.24) is 4.90 Å². The number of piperidine rings is 1. The van der Waals surface area contributed by atoms with E-state index in [0.29, 0.717) is 0 Å². The minimum Gasteiger partial charge on any atom is -0.369 e. The monoisotopic (exact) mass is 329 g/mol. The summed E-state index contributed by atoms with van der Waals surface area (Å²) in [6.45, 7) is 6.65. The third kappa shape index (κ3) is 5.81. The molecule has 1 aliphatic heterocycles. The molecule has 0 aromatic heterocycles. The first-order valence-corrected chi connectivity index (χ1v) is 8.50. The molecule has 0 spiro atoms. The molecule has 0 aliphatic carbocycles. The summed E-state index contributed by atoms with van der Waals surface area (Å²) in [7, 11) is 0. The van der Waals surface area contributed by atoms with Gasteiger partial charge in [0.25, 0.3) is 0 Å². The number of likely N-dealkylation sites (tertiary alicyclic amines) is 1. The second-order valence-corrected chi connectivity index (χ2v) is 6.68. The molecule has 2 amide bonds. The van der Waals surface area contributed by atoms with Gasteiger partial charge in [0.15, 0.2) is 0 Å². The molecular formula is C19H27N3O2. The number of carbonyl (C=O) groups is 2. The Bertz CT molecular complexity index is 596. The predicted molar refractivity (Wildman–Crippen MR) is 96.6 cm³/mol. The number of benzene rings is 1. The highest BCUT2D eigenvalue weighted by Gasteiger charge is 2.22. The zero-order valence-corrected chi connectivity index (χ0v) is 14.5.